The number of carbonyl (C=O) groups is 2. The number of nitrogens with zero attached hydrogens (tertiary/aromatic N) is 1. The Bertz CT molecular complexity index is 1020. The van der Waals surface area contributed by atoms with Crippen molar-refractivity contribution in [1.29, 1.82) is 0 Å². The van der Waals surface area contributed by atoms with E-state index in [-0.39, 0.29) is 23.5 Å². The third-order valence-corrected chi connectivity index (χ3v) is 7.67. The first-order valence-electron chi connectivity index (χ1n) is 10.5. The summed E-state index contributed by atoms with van der Waals surface area (Å²) in [7, 11) is -4.07. The summed E-state index contributed by atoms with van der Waals surface area (Å²) < 4.78 is 32.9. The normalized spacial score (nSPS) is 18.8. The van der Waals surface area contributed by atoms with Crippen LogP contribution in [0.15, 0.2) is 59.5 Å². The highest BCUT2D eigenvalue weighted by atomic mass is 35.5. The van der Waals surface area contributed by atoms with Gasteiger partial charge in [0.05, 0.1) is 23.6 Å². The van der Waals surface area contributed by atoms with E-state index in [0.717, 1.165) is 17.1 Å². The van der Waals surface area contributed by atoms with Crippen LogP contribution in [0.3, 0.4) is 0 Å². The number of halogens is 1. The average Bonchev–Trinajstić information content (AvgIpc) is 2.79. The number of hydrogen-bond donors (Lipinski definition) is 0. The van der Waals surface area contributed by atoms with Gasteiger partial charge in [0, 0.05) is 17.1 Å². The SMILES string of the molecule is O=C([O-])COC1CCC(CCN(C(=O)c2ccccc2)S(=O)(=O)c2ccc(Cl)cc2)CC1. The van der Waals surface area contributed by atoms with Crippen LogP contribution in [0.5, 0.6) is 0 Å². The third kappa shape index (κ3) is 6.31. The molecule has 3 rings (SSSR count). The van der Waals surface area contributed by atoms with Crippen LogP contribution in [0.1, 0.15) is 42.5 Å². The zero-order valence-corrected chi connectivity index (χ0v) is 19.1. The van der Waals surface area contributed by atoms with Crippen LogP contribution in [0.2, 0.25) is 5.02 Å². The van der Waals surface area contributed by atoms with Crippen molar-refractivity contribution in [3.05, 3.63) is 65.2 Å². The lowest BCUT2D eigenvalue weighted by molar-refractivity contribution is -0.310. The molecule has 0 aromatic heterocycles. The van der Waals surface area contributed by atoms with Gasteiger partial charge in [-0.1, -0.05) is 29.8 Å². The first-order chi connectivity index (χ1) is 15.3. The minimum atomic E-state index is -4.07. The third-order valence-electron chi connectivity index (χ3n) is 5.62. The quantitative estimate of drug-likeness (QED) is 0.549. The van der Waals surface area contributed by atoms with E-state index in [4.69, 9.17) is 16.3 Å². The second kappa shape index (κ2) is 10.9. The number of sulfonamides is 1. The summed E-state index contributed by atoms with van der Waals surface area (Å²) in [6.07, 6.45) is 3.30. The first kappa shape index (κ1) is 24.2. The molecule has 0 heterocycles. The number of benzene rings is 2. The van der Waals surface area contributed by atoms with Gasteiger partial charge >= 0.3 is 0 Å². The zero-order chi connectivity index (χ0) is 23.1. The van der Waals surface area contributed by atoms with Crippen molar-refractivity contribution in [2.45, 2.75) is 43.1 Å². The van der Waals surface area contributed by atoms with Crippen molar-refractivity contribution in [2.75, 3.05) is 13.2 Å². The van der Waals surface area contributed by atoms with Gasteiger partial charge in [0.25, 0.3) is 15.9 Å². The summed E-state index contributed by atoms with van der Waals surface area (Å²) in [5.41, 5.74) is 0.296. The molecule has 0 N–H and O–H groups in total. The van der Waals surface area contributed by atoms with Crippen molar-refractivity contribution in [2.24, 2.45) is 5.92 Å². The van der Waals surface area contributed by atoms with Crippen molar-refractivity contribution in [3.8, 4) is 0 Å². The average molecular weight is 479 g/mol. The molecule has 1 aliphatic rings. The smallest absolute Gasteiger partial charge is 0.267 e. The Morgan fingerprint density at radius 1 is 1.00 bits per heavy atom. The molecule has 2 aromatic carbocycles. The van der Waals surface area contributed by atoms with Gasteiger partial charge < -0.3 is 14.6 Å². The van der Waals surface area contributed by atoms with Gasteiger partial charge in [-0.25, -0.2) is 12.7 Å². The number of carbonyl (C=O) groups excluding carboxylic acids is 2. The molecule has 1 fully saturated rings. The predicted molar refractivity (Wildman–Crippen MR) is 117 cm³/mol. The standard InChI is InChI=1S/C23H26ClNO6S/c24-19-8-12-21(13-9-19)32(29,30)25(23(28)18-4-2-1-3-5-18)15-14-17-6-10-20(11-7-17)31-16-22(26)27/h1-5,8-9,12-13,17,20H,6-7,10-11,14-16H2,(H,26,27)/p-1. The Labute approximate surface area is 193 Å². The van der Waals surface area contributed by atoms with Gasteiger partial charge in [-0.2, -0.15) is 0 Å². The Kier molecular flexibility index (Phi) is 8.28. The number of aliphatic carboxylic acids is 1. The van der Waals surface area contributed by atoms with Crippen LogP contribution in [-0.2, 0) is 19.6 Å². The maximum atomic E-state index is 13.3. The minimum absolute atomic E-state index is 0.00516. The number of carboxylic acid groups (broad SMARTS) is 1. The molecule has 7 nitrogen and oxygen atoms in total. The molecule has 0 saturated heterocycles. The summed E-state index contributed by atoms with van der Waals surface area (Å²) in [6.45, 7) is -0.373. The van der Waals surface area contributed by atoms with Gasteiger partial charge in [0.2, 0.25) is 0 Å². The lowest BCUT2D eigenvalue weighted by Crippen LogP contribution is -2.39. The largest absolute Gasteiger partial charge is 0.548 e. The number of rotatable bonds is 9. The zero-order valence-electron chi connectivity index (χ0n) is 17.5. The van der Waals surface area contributed by atoms with Crippen molar-refractivity contribution >= 4 is 33.5 Å². The fourth-order valence-corrected chi connectivity index (χ4v) is 5.39. The van der Waals surface area contributed by atoms with Crippen molar-refractivity contribution < 1.29 is 27.9 Å². The minimum Gasteiger partial charge on any atom is -0.548 e. The molecule has 0 bridgehead atoms. The number of ether oxygens (including phenoxy) is 1. The molecular formula is C23H25ClNO6S-. The summed E-state index contributed by atoms with van der Waals surface area (Å²) in [6, 6.07) is 14.1. The van der Waals surface area contributed by atoms with Gasteiger partial charge in [-0.15, -0.1) is 0 Å². The summed E-state index contributed by atoms with van der Waals surface area (Å²) >= 11 is 5.89. The van der Waals surface area contributed by atoms with Gasteiger partial charge in [-0.05, 0) is 74.4 Å². The van der Waals surface area contributed by atoms with E-state index in [9.17, 15) is 23.1 Å². The van der Waals surface area contributed by atoms with E-state index < -0.39 is 28.5 Å². The molecule has 1 saturated carbocycles. The molecule has 1 aliphatic carbocycles. The van der Waals surface area contributed by atoms with Crippen LogP contribution in [0.25, 0.3) is 0 Å². The Morgan fingerprint density at radius 2 is 1.62 bits per heavy atom. The second-order valence-corrected chi connectivity index (χ2v) is 10.1. The van der Waals surface area contributed by atoms with E-state index in [2.05, 4.69) is 0 Å². The van der Waals surface area contributed by atoms with Crippen molar-refractivity contribution in [1.82, 2.24) is 4.31 Å². The molecule has 9 heteroatoms. The van der Waals surface area contributed by atoms with Gasteiger partial charge in [-0.3, -0.25) is 4.79 Å². The number of amides is 1. The summed E-state index contributed by atoms with van der Waals surface area (Å²) in [5.74, 6) is -1.61. The van der Waals surface area contributed by atoms with Crippen LogP contribution >= 0.6 is 11.6 Å². The highest BCUT2D eigenvalue weighted by Crippen LogP contribution is 2.30. The topological polar surface area (TPSA) is 104 Å². The molecule has 172 valence electrons. The highest BCUT2D eigenvalue weighted by Gasteiger charge is 2.31. The lowest BCUT2D eigenvalue weighted by atomic mass is 9.85. The number of carboxylic acids is 1. The lowest BCUT2D eigenvalue weighted by Gasteiger charge is -2.30. The van der Waals surface area contributed by atoms with Crippen LogP contribution < -0.4 is 5.11 Å². The monoisotopic (exact) mass is 478 g/mol. The van der Waals surface area contributed by atoms with E-state index in [1.165, 1.54) is 24.3 Å². The number of hydrogen-bond acceptors (Lipinski definition) is 6. The maximum absolute atomic E-state index is 13.3. The molecule has 2 aromatic rings. The van der Waals surface area contributed by atoms with Gasteiger partial charge in [0.1, 0.15) is 0 Å². The summed E-state index contributed by atoms with van der Waals surface area (Å²) in [4.78, 5) is 23.7. The van der Waals surface area contributed by atoms with E-state index in [1.54, 1.807) is 30.3 Å². The molecule has 0 atom stereocenters. The van der Waals surface area contributed by atoms with E-state index >= 15 is 0 Å². The van der Waals surface area contributed by atoms with Crippen LogP contribution in [0.4, 0.5) is 0 Å². The molecule has 0 aliphatic heterocycles. The molecule has 32 heavy (non-hydrogen) atoms. The maximum Gasteiger partial charge on any atom is 0.267 e. The molecule has 1 amide bonds. The van der Waals surface area contributed by atoms with E-state index in [1.807, 2.05) is 0 Å². The Morgan fingerprint density at radius 3 is 2.22 bits per heavy atom. The fraction of sp³-hybridized carbons (Fsp3) is 0.391. The van der Waals surface area contributed by atoms with Crippen LogP contribution in [0, 0.1) is 5.92 Å². The predicted octanol–water partition coefficient (Wildman–Crippen LogP) is 2.89. The Hall–Kier alpha value is -2.42. The highest BCUT2D eigenvalue weighted by molar-refractivity contribution is 7.89. The molecule has 0 radical (unpaired) electrons. The van der Waals surface area contributed by atoms with Crippen LogP contribution in [-0.4, -0.2) is 43.9 Å². The van der Waals surface area contributed by atoms with Crippen molar-refractivity contribution in [3.63, 3.8) is 0 Å². The molecular weight excluding hydrogens is 454 g/mol. The second-order valence-electron chi connectivity index (χ2n) is 7.82. The fourth-order valence-electron chi connectivity index (χ4n) is 3.86. The first-order valence-corrected chi connectivity index (χ1v) is 12.3. The summed E-state index contributed by atoms with van der Waals surface area (Å²) in [5, 5.41) is 11.0. The van der Waals surface area contributed by atoms with Gasteiger partial charge in [0.15, 0.2) is 0 Å². The molecule has 0 spiro atoms. The molecule has 0 unspecified atom stereocenters. The Balaban J connectivity index is 1.72. The van der Waals surface area contributed by atoms with E-state index in [0.29, 0.717) is 29.8 Å².